The molecule has 0 bridgehead atoms. The molecule has 1 aliphatic heterocycles. The van der Waals surface area contributed by atoms with Crippen LogP contribution in [0.1, 0.15) is 46.3 Å². The zero-order valence-corrected chi connectivity index (χ0v) is 17.1. The highest BCUT2D eigenvalue weighted by molar-refractivity contribution is 6.22. The average Bonchev–Trinajstić information content (AvgIpc) is 2.94. The van der Waals surface area contributed by atoms with Crippen molar-refractivity contribution < 1.29 is 9.59 Å². The molecular formula is C26H21N3O2. The maximum absolute atomic E-state index is 13.4. The van der Waals surface area contributed by atoms with Crippen LogP contribution < -0.4 is 10.7 Å². The number of ketones is 1. The summed E-state index contributed by atoms with van der Waals surface area (Å²) in [4.78, 5) is 24.7. The number of benzene rings is 3. The lowest BCUT2D eigenvalue weighted by Crippen LogP contribution is -2.14. The number of Topliss-reactive ketones (excluding diaryl/α,β-unsaturated/α-hetero) is 1. The van der Waals surface area contributed by atoms with E-state index in [1.54, 1.807) is 0 Å². The van der Waals surface area contributed by atoms with Crippen LogP contribution in [0.5, 0.6) is 0 Å². The highest BCUT2D eigenvalue weighted by Crippen LogP contribution is 2.42. The van der Waals surface area contributed by atoms with Crippen LogP contribution in [0.25, 0.3) is 5.70 Å². The Balaban J connectivity index is 1.57. The molecular weight excluding hydrogens is 386 g/mol. The van der Waals surface area contributed by atoms with Gasteiger partial charge >= 0.3 is 0 Å². The molecule has 152 valence electrons. The van der Waals surface area contributed by atoms with E-state index in [1.807, 2.05) is 66.7 Å². The fourth-order valence-electron chi connectivity index (χ4n) is 4.32. The number of anilines is 1. The molecule has 1 unspecified atom stereocenters. The van der Waals surface area contributed by atoms with Crippen molar-refractivity contribution in [2.24, 2.45) is 5.10 Å². The van der Waals surface area contributed by atoms with Crippen LogP contribution in [0.4, 0.5) is 5.69 Å². The first-order valence-corrected chi connectivity index (χ1v) is 10.3. The van der Waals surface area contributed by atoms with Crippen LogP contribution in [0.3, 0.4) is 0 Å². The number of nitrogens with zero attached hydrogens (tertiary/aromatic N) is 1. The SMILES string of the molecule is CC(=O)Nc1ccc(C2=NNC3=C(C(=O)c4ccccc43)C(c3ccccc3)C2)cc1. The summed E-state index contributed by atoms with van der Waals surface area (Å²) in [5.41, 5.74) is 10.0. The molecule has 5 heteroatoms. The van der Waals surface area contributed by atoms with Gasteiger partial charge < -0.3 is 5.32 Å². The molecule has 5 nitrogen and oxygen atoms in total. The van der Waals surface area contributed by atoms with Gasteiger partial charge in [0.25, 0.3) is 0 Å². The summed E-state index contributed by atoms with van der Waals surface area (Å²) >= 11 is 0. The first-order valence-electron chi connectivity index (χ1n) is 10.3. The van der Waals surface area contributed by atoms with E-state index in [1.165, 1.54) is 6.92 Å². The van der Waals surface area contributed by atoms with Gasteiger partial charge in [-0.1, -0.05) is 66.7 Å². The van der Waals surface area contributed by atoms with Gasteiger partial charge in [0.2, 0.25) is 5.91 Å². The van der Waals surface area contributed by atoms with Crippen LogP contribution in [-0.2, 0) is 4.79 Å². The second kappa shape index (κ2) is 7.69. The Morgan fingerprint density at radius 3 is 2.32 bits per heavy atom. The standard InChI is InChI=1S/C26H21N3O2/c1-16(30)27-19-13-11-18(12-14-19)23-15-22(17-7-3-2-4-8-17)24-25(29-28-23)20-9-5-6-10-21(20)26(24)31/h2-14,22,29H,15H2,1H3,(H,27,30). The molecule has 3 aromatic rings. The average molecular weight is 407 g/mol. The van der Waals surface area contributed by atoms with Crippen molar-refractivity contribution in [3.05, 3.63) is 107 Å². The van der Waals surface area contributed by atoms with E-state index >= 15 is 0 Å². The van der Waals surface area contributed by atoms with Gasteiger partial charge in [0.15, 0.2) is 5.78 Å². The Morgan fingerprint density at radius 1 is 0.935 bits per heavy atom. The first kappa shape index (κ1) is 19.0. The van der Waals surface area contributed by atoms with Gasteiger partial charge in [-0.2, -0.15) is 5.10 Å². The van der Waals surface area contributed by atoms with Gasteiger partial charge in [-0.05, 0) is 23.3 Å². The van der Waals surface area contributed by atoms with E-state index in [4.69, 9.17) is 5.10 Å². The Labute approximate surface area is 180 Å². The number of allylic oxidation sites excluding steroid dienone is 1. The van der Waals surface area contributed by atoms with Gasteiger partial charge in [-0.15, -0.1) is 0 Å². The molecule has 0 fully saturated rings. The van der Waals surface area contributed by atoms with Crippen LogP contribution in [0.2, 0.25) is 0 Å². The smallest absolute Gasteiger partial charge is 0.221 e. The Hall–Kier alpha value is -3.99. The quantitative estimate of drug-likeness (QED) is 0.659. The lowest BCUT2D eigenvalue weighted by molar-refractivity contribution is -0.114. The Bertz CT molecular complexity index is 1240. The van der Waals surface area contributed by atoms with Crippen molar-refractivity contribution in [2.45, 2.75) is 19.3 Å². The van der Waals surface area contributed by atoms with Crippen LogP contribution >= 0.6 is 0 Å². The van der Waals surface area contributed by atoms with Crippen molar-refractivity contribution in [1.29, 1.82) is 0 Å². The van der Waals surface area contributed by atoms with Crippen LogP contribution in [0, 0.1) is 0 Å². The molecule has 2 N–H and O–H groups in total. The molecule has 31 heavy (non-hydrogen) atoms. The predicted molar refractivity (Wildman–Crippen MR) is 122 cm³/mol. The second-order valence-electron chi connectivity index (χ2n) is 7.76. The van der Waals surface area contributed by atoms with E-state index in [0.29, 0.717) is 6.42 Å². The number of rotatable bonds is 3. The predicted octanol–water partition coefficient (Wildman–Crippen LogP) is 4.73. The summed E-state index contributed by atoms with van der Waals surface area (Å²) in [5, 5.41) is 7.49. The van der Waals surface area contributed by atoms with E-state index < -0.39 is 0 Å². The topological polar surface area (TPSA) is 70.6 Å². The van der Waals surface area contributed by atoms with Crippen molar-refractivity contribution >= 4 is 28.8 Å². The van der Waals surface area contributed by atoms with Crippen molar-refractivity contribution in [3.8, 4) is 0 Å². The molecule has 0 radical (unpaired) electrons. The van der Waals surface area contributed by atoms with Crippen LogP contribution in [-0.4, -0.2) is 17.4 Å². The zero-order valence-electron chi connectivity index (χ0n) is 17.1. The van der Waals surface area contributed by atoms with Crippen molar-refractivity contribution in [2.75, 3.05) is 5.32 Å². The van der Waals surface area contributed by atoms with Crippen LogP contribution in [0.15, 0.2) is 89.5 Å². The largest absolute Gasteiger partial charge is 0.326 e. The lowest BCUT2D eigenvalue weighted by atomic mass is 9.83. The summed E-state index contributed by atoms with van der Waals surface area (Å²) in [5.74, 6) is -0.160. The number of hydrogen-bond donors (Lipinski definition) is 2. The van der Waals surface area contributed by atoms with E-state index in [9.17, 15) is 9.59 Å². The summed E-state index contributed by atoms with van der Waals surface area (Å²) in [7, 11) is 0. The van der Waals surface area contributed by atoms with E-state index in [-0.39, 0.29) is 17.6 Å². The number of nitrogens with one attached hydrogen (secondary N) is 2. The zero-order chi connectivity index (χ0) is 21.4. The summed E-state index contributed by atoms with van der Waals surface area (Å²) in [6, 6.07) is 25.4. The monoisotopic (exact) mass is 407 g/mol. The van der Waals surface area contributed by atoms with E-state index in [2.05, 4.69) is 22.9 Å². The van der Waals surface area contributed by atoms with Gasteiger partial charge in [0.05, 0.1) is 11.4 Å². The maximum atomic E-state index is 13.4. The van der Waals surface area contributed by atoms with Gasteiger partial charge in [-0.25, -0.2) is 0 Å². The molecule has 1 aliphatic carbocycles. The number of carbonyl (C=O) groups is 2. The minimum atomic E-state index is -0.111. The third-order valence-electron chi connectivity index (χ3n) is 5.74. The fourth-order valence-corrected chi connectivity index (χ4v) is 4.32. The highest BCUT2D eigenvalue weighted by atomic mass is 16.1. The van der Waals surface area contributed by atoms with Crippen molar-refractivity contribution in [3.63, 3.8) is 0 Å². The normalized spacial score (nSPS) is 17.3. The molecule has 0 spiro atoms. The third kappa shape index (κ3) is 3.44. The van der Waals surface area contributed by atoms with E-state index in [0.717, 1.165) is 44.9 Å². The maximum Gasteiger partial charge on any atom is 0.221 e. The lowest BCUT2D eigenvalue weighted by Gasteiger charge is -2.18. The number of hydrogen-bond acceptors (Lipinski definition) is 4. The molecule has 0 saturated heterocycles. The number of hydrazone groups is 1. The summed E-state index contributed by atoms with van der Waals surface area (Å²) < 4.78 is 0. The minimum Gasteiger partial charge on any atom is -0.326 e. The molecule has 1 amide bonds. The minimum absolute atomic E-state index is 0.0596. The van der Waals surface area contributed by atoms with Gasteiger partial charge in [0, 0.05) is 41.6 Å². The highest BCUT2D eigenvalue weighted by Gasteiger charge is 2.37. The Morgan fingerprint density at radius 2 is 1.61 bits per heavy atom. The molecule has 0 aromatic heterocycles. The first-order chi connectivity index (χ1) is 15.1. The van der Waals surface area contributed by atoms with Crippen molar-refractivity contribution in [1.82, 2.24) is 5.43 Å². The summed E-state index contributed by atoms with van der Waals surface area (Å²) in [6.07, 6.45) is 0.592. The second-order valence-corrected chi connectivity index (χ2v) is 7.76. The molecule has 1 atom stereocenters. The molecule has 5 rings (SSSR count). The number of carbonyl (C=O) groups excluding carboxylic acids is 2. The number of fused-ring (bicyclic) bond motifs is 2. The summed E-state index contributed by atoms with van der Waals surface area (Å²) in [6.45, 7) is 1.49. The van der Waals surface area contributed by atoms with Gasteiger partial charge in [0.1, 0.15) is 0 Å². The molecule has 2 aliphatic rings. The molecule has 0 saturated carbocycles. The molecule has 1 heterocycles. The molecule has 3 aromatic carbocycles. The fraction of sp³-hybridized carbons (Fsp3) is 0.115. The third-order valence-corrected chi connectivity index (χ3v) is 5.74. The number of amides is 1. The Kier molecular flexibility index (Phi) is 4.71. The van der Waals surface area contributed by atoms with Gasteiger partial charge in [-0.3, -0.25) is 15.0 Å².